The number of carbonyl (C=O) groups excluding carboxylic acids is 2. The molecule has 5 heteroatoms. The normalized spacial score (nSPS) is 9.69. The number of amides is 1. The quantitative estimate of drug-likeness (QED) is 0.800. The van der Waals surface area contributed by atoms with Gasteiger partial charge in [-0.1, -0.05) is 6.92 Å². The monoisotopic (exact) mass is 225 g/mol. The number of halogens is 1. The van der Waals surface area contributed by atoms with E-state index in [9.17, 15) is 14.0 Å². The van der Waals surface area contributed by atoms with Gasteiger partial charge in [-0.3, -0.25) is 4.79 Å². The van der Waals surface area contributed by atoms with Crippen molar-refractivity contribution in [2.24, 2.45) is 0 Å². The summed E-state index contributed by atoms with van der Waals surface area (Å²) in [5, 5.41) is 2.36. The van der Waals surface area contributed by atoms with Gasteiger partial charge >= 0.3 is 5.97 Å². The Labute approximate surface area is 92.4 Å². The van der Waals surface area contributed by atoms with Crippen molar-refractivity contribution in [1.82, 2.24) is 0 Å². The smallest absolute Gasteiger partial charge is 0.337 e. The molecule has 16 heavy (non-hydrogen) atoms. The maximum atomic E-state index is 13.3. The molecule has 0 radical (unpaired) electrons. The lowest BCUT2D eigenvalue weighted by atomic mass is 10.2. The lowest BCUT2D eigenvalue weighted by molar-refractivity contribution is -0.115. The molecule has 1 rings (SSSR count). The Morgan fingerprint density at radius 1 is 1.44 bits per heavy atom. The van der Waals surface area contributed by atoms with E-state index in [1.54, 1.807) is 6.92 Å². The summed E-state index contributed by atoms with van der Waals surface area (Å²) in [4.78, 5) is 22.3. The molecule has 0 heterocycles. The Bertz CT molecular complexity index is 418. The van der Waals surface area contributed by atoms with Crippen LogP contribution in [0.4, 0.5) is 10.1 Å². The van der Waals surface area contributed by atoms with Crippen LogP contribution in [0.25, 0.3) is 0 Å². The molecule has 0 aliphatic rings. The third-order valence-electron chi connectivity index (χ3n) is 1.98. The number of carbonyl (C=O) groups is 2. The molecule has 0 aromatic heterocycles. The molecule has 0 aliphatic carbocycles. The fourth-order valence-electron chi connectivity index (χ4n) is 1.10. The Hall–Kier alpha value is -1.91. The minimum Gasteiger partial charge on any atom is -0.465 e. The SMILES string of the molecule is CCC(=O)Nc1cc(C(=O)OC)ccc1F. The van der Waals surface area contributed by atoms with Crippen LogP contribution >= 0.6 is 0 Å². The van der Waals surface area contributed by atoms with Crippen LogP contribution in [0.15, 0.2) is 18.2 Å². The van der Waals surface area contributed by atoms with Crippen molar-refractivity contribution >= 4 is 17.6 Å². The summed E-state index contributed by atoms with van der Waals surface area (Å²) < 4.78 is 17.8. The lowest BCUT2D eigenvalue weighted by Gasteiger charge is -2.06. The number of hydrogen-bond donors (Lipinski definition) is 1. The summed E-state index contributed by atoms with van der Waals surface area (Å²) in [5.74, 6) is -1.48. The summed E-state index contributed by atoms with van der Waals surface area (Å²) in [6.45, 7) is 1.65. The van der Waals surface area contributed by atoms with Gasteiger partial charge in [-0.2, -0.15) is 0 Å². The van der Waals surface area contributed by atoms with Gasteiger partial charge in [0.05, 0.1) is 18.4 Å². The summed E-state index contributed by atoms with van der Waals surface area (Å²) in [6.07, 6.45) is 0.238. The molecule has 1 aromatic carbocycles. The summed E-state index contributed by atoms with van der Waals surface area (Å²) in [7, 11) is 1.23. The van der Waals surface area contributed by atoms with E-state index in [2.05, 4.69) is 10.1 Å². The number of ether oxygens (including phenoxy) is 1. The molecule has 1 amide bonds. The Morgan fingerprint density at radius 3 is 2.69 bits per heavy atom. The molecular weight excluding hydrogens is 213 g/mol. The Balaban J connectivity index is 2.99. The van der Waals surface area contributed by atoms with Crippen LogP contribution in [0.3, 0.4) is 0 Å². The van der Waals surface area contributed by atoms with Crippen LogP contribution in [-0.4, -0.2) is 19.0 Å². The van der Waals surface area contributed by atoms with Crippen molar-refractivity contribution in [3.05, 3.63) is 29.6 Å². The first-order valence-electron chi connectivity index (χ1n) is 4.76. The van der Waals surface area contributed by atoms with E-state index in [-0.39, 0.29) is 23.6 Å². The molecule has 0 saturated carbocycles. The highest BCUT2D eigenvalue weighted by Gasteiger charge is 2.11. The van der Waals surface area contributed by atoms with Crippen molar-refractivity contribution in [2.75, 3.05) is 12.4 Å². The van der Waals surface area contributed by atoms with Crippen LogP contribution in [0.5, 0.6) is 0 Å². The standard InChI is InChI=1S/C11H12FNO3/c1-3-10(14)13-9-6-7(11(15)16-2)4-5-8(9)12/h4-6H,3H2,1-2H3,(H,13,14). The maximum absolute atomic E-state index is 13.3. The Kier molecular flexibility index (Phi) is 3.99. The molecule has 0 spiro atoms. The molecule has 0 bridgehead atoms. The van der Waals surface area contributed by atoms with Gasteiger partial charge in [-0.15, -0.1) is 0 Å². The minimum absolute atomic E-state index is 0.0188. The second-order valence-electron chi connectivity index (χ2n) is 3.09. The van der Waals surface area contributed by atoms with Gasteiger partial charge in [0.1, 0.15) is 5.82 Å². The zero-order chi connectivity index (χ0) is 12.1. The van der Waals surface area contributed by atoms with E-state index in [0.717, 1.165) is 6.07 Å². The van der Waals surface area contributed by atoms with Gasteiger partial charge in [-0.05, 0) is 18.2 Å². The van der Waals surface area contributed by atoms with Crippen molar-refractivity contribution in [2.45, 2.75) is 13.3 Å². The number of methoxy groups -OCH3 is 1. The number of nitrogens with one attached hydrogen (secondary N) is 1. The number of esters is 1. The maximum Gasteiger partial charge on any atom is 0.337 e. The zero-order valence-corrected chi connectivity index (χ0v) is 9.04. The van der Waals surface area contributed by atoms with Gasteiger partial charge in [0, 0.05) is 6.42 Å². The summed E-state index contributed by atoms with van der Waals surface area (Å²) in [6, 6.07) is 3.65. The van der Waals surface area contributed by atoms with E-state index >= 15 is 0 Å². The van der Waals surface area contributed by atoms with Gasteiger partial charge in [0.2, 0.25) is 5.91 Å². The number of rotatable bonds is 3. The molecule has 0 unspecified atom stereocenters. The van der Waals surface area contributed by atoms with Crippen LogP contribution in [0, 0.1) is 5.82 Å². The van der Waals surface area contributed by atoms with Crippen molar-refractivity contribution in [1.29, 1.82) is 0 Å². The molecule has 0 aliphatic heterocycles. The third kappa shape index (κ3) is 2.79. The third-order valence-corrected chi connectivity index (χ3v) is 1.98. The average Bonchev–Trinajstić information content (AvgIpc) is 2.30. The van der Waals surface area contributed by atoms with Gasteiger partial charge < -0.3 is 10.1 Å². The second kappa shape index (κ2) is 5.25. The first kappa shape index (κ1) is 12.2. The molecule has 1 N–H and O–H groups in total. The van der Waals surface area contributed by atoms with Crippen LogP contribution in [-0.2, 0) is 9.53 Å². The van der Waals surface area contributed by atoms with E-state index < -0.39 is 11.8 Å². The average molecular weight is 225 g/mol. The molecule has 86 valence electrons. The molecular formula is C11H12FNO3. The van der Waals surface area contributed by atoms with Crippen LogP contribution in [0.1, 0.15) is 23.7 Å². The minimum atomic E-state index is -0.588. The number of hydrogen-bond acceptors (Lipinski definition) is 3. The number of benzene rings is 1. The second-order valence-corrected chi connectivity index (χ2v) is 3.09. The largest absolute Gasteiger partial charge is 0.465 e. The molecule has 1 aromatic rings. The fraction of sp³-hybridized carbons (Fsp3) is 0.273. The van der Waals surface area contributed by atoms with Crippen molar-refractivity contribution in [3.63, 3.8) is 0 Å². The zero-order valence-electron chi connectivity index (χ0n) is 9.04. The lowest BCUT2D eigenvalue weighted by Crippen LogP contribution is -2.12. The number of anilines is 1. The van der Waals surface area contributed by atoms with Gasteiger partial charge in [0.15, 0.2) is 0 Å². The van der Waals surface area contributed by atoms with E-state index in [0.29, 0.717) is 0 Å². The predicted octanol–water partition coefficient (Wildman–Crippen LogP) is 1.96. The van der Waals surface area contributed by atoms with Crippen LogP contribution in [0.2, 0.25) is 0 Å². The van der Waals surface area contributed by atoms with Crippen molar-refractivity contribution < 1.29 is 18.7 Å². The van der Waals surface area contributed by atoms with Gasteiger partial charge in [0.25, 0.3) is 0 Å². The van der Waals surface area contributed by atoms with E-state index in [4.69, 9.17) is 0 Å². The highest BCUT2D eigenvalue weighted by molar-refractivity contribution is 5.94. The van der Waals surface area contributed by atoms with Crippen LogP contribution < -0.4 is 5.32 Å². The van der Waals surface area contributed by atoms with Crippen molar-refractivity contribution in [3.8, 4) is 0 Å². The highest BCUT2D eigenvalue weighted by atomic mass is 19.1. The van der Waals surface area contributed by atoms with E-state index in [1.165, 1.54) is 19.2 Å². The molecule has 0 fully saturated rings. The predicted molar refractivity (Wildman–Crippen MR) is 56.7 cm³/mol. The first-order chi connectivity index (χ1) is 7.58. The first-order valence-corrected chi connectivity index (χ1v) is 4.76. The van der Waals surface area contributed by atoms with E-state index in [1.807, 2.05) is 0 Å². The van der Waals surface area contributed by atoms with Gasteiger partial charge in [-0.25, -0.2) is 9.18 Å². The fourth-order valence-corrected chi connectivity index (χ4v) is 1.10. The topological polar surface area (TPSA) is 55.4 Å². The highest BCUT2D eigenvalue weighted by Crippen LogP contribution is 2.17. The molecule has 0 atom stereocenters. The Morgan fingerprint density at radius 2 is 2.12 bits per heavy atom. The molecule has 4 nitrogen and oxygen atoms in total. The molecule has 0 saturated heterocycles. The summed E-state index contributed by atoms with van der Waals surface area (Å²) in [5.41, 5.74) is 0.171. The summed E-state index contributed by atoms with van der Waals surface area (Å²) >= 11 is 0.